The van der Waals surface area contributed by atoms with Gasteiger partial charge in [0.2, 0.25) is 0 Å². The molecule has 216 valence electrons. The third-order valence-corrected chi connectivity index (χ3v) is 9.04. The van der Waals surface area contributed by atoms with Crippen molar-refractivity contribution in [3.63, 3.8) is 0 Å². The fourth-order valence-corrected chi connectivity index (χ4v) is 6.50. The van der Waals surface area contributed by atoms with E-state index in [2.05, 4.69) is 26.9 Å². The Kier molecular flexibility index (Phi) is 7.98. The lowest BCUT2D eigenvalue weighted by molar-refractivity contribution is 0.191. The molecule has 0 amide bonds. The smallest absolute Gasteiger partial charge is 0.316 e. The zero-order valence-corrected chi connectivity index (χ0v) is 24.8. The summed E-state index contributed by atoms with van der Waals surface area (Å²) in [6.07, 6.45) is 4.36. The number of hydrogen-bond acceptors (Lipinski definition) is 8. The summed E-state index contributed by atoms with van der Waals surface area (Å²) in [4.78, 5) is 11.1. The molecule has 2 aromatic heterocycles. The molecule has 0 saturated carbocycles. The minimum atomic E-state index is -3.79. The predicted octanol–water partition coefficient (Wildman–Crippen LogP) is 6.06. The molecular weight excluding hydrogens is 543 g/mol. The van der Waals surface area contributed by atoms with E-state index in [0.717, 1.165) is 29.7 Å². The molecule has 0 bridgehead atoms. The lowest BCUT2D eigenvalue weighted by atomic mass is 9.87. The van der Waals surface area contributed by atoms with Crippen LogP contribution in [-0.2, 0) is 34.0 Å². The summed E-state index contributed by atoms with van der Waals surface area (Å²) in [6.45, 7) is 11.8. The van der Waals surface area contributed by atoms with Crippen LogP contribution in [0.1, 0.15) is 68.8 Å². The molecule has 0 spiro atoms. The van der Waals surface area contributed by atoms with Crippen molar-refractivity contribution in [1.29, 1.82) is 0 Å². The van der Waals surface area contributed by atoms with E-state index >= 15 is 0 Å². The standard InChI is InChI=1S/C31H35FN4O4S/c1-6-39-30-33-16-24(17-34-30)20(2)36-13-12-21-10-11-26(15-23(21)18-36)41(37,38)19-27-28(22-8-7-9-25(32)14-22)29(40-35-27)31(3,4)5/h7-11,14-17,20H,6,12-13,18-19H2,1-5H3/t20-/m1/s1. The zero-order chi connectivity index (χ0) is 29.4. The molecule has 1 aliphatic heterocycles. The monoisotopic (exact) mass is 578 g/mol. The number of benzene rings is 2. The Morgan fingerprint density at radius 1 is 1.10 bits per heavy atom. The maximum atomic E-state index is 14.1. The SMILES string of the molecule is CCOc1ncc([C@@H](C)N2CCc3ccc(S(=O)(=O)Cc4noc(C(C)(C)C)c4-c4cccc(F)c4)cc3C2)cn1. The van der Waals surface area contributed by atoms with Crippen LogP contribution in [0.3, 0.4) is 0 Å². The number of aromatic nitrogens is 3. The molecule has 10 heteroatoms. The van der Waals surface area contributed by atoms with Gasteiger partial charge in [-0.05, 0) is 61.2 Å². The van der Waals surface area contributed by atoms with Gasteiger partial charge in [-0.2, -0.15) is 0 Å². The molecule has 0 saturated heterocycles. The van der Waals surface area contributed by atoms with E-state index in [1.54, 1.807) is 36.7 Å². The molecular formula is C31H35FN4O4S. The molecule has 3 heterocycles. The third-order valence-electron chi connectivity index (χ3n) is 7.41. The second-order valence-electron chi connectivity index (χ2n) is 11.4. The zero-order valence-electron chi connectivity index (χ0n) is 24.0. The second-order valence-corrected chi connectivity index (χ2v) is 13.4. The quantitative estimate of drug-likeness (QED) is 0.249. The number of sulfone groups is 1. The average Bonchev–Trinajstić information content (AvgIpc) is 3.36. The Bertz CT molecular complexity index is 1650. The van der Waals surface area contributed by atoms with Gasteiger partial charge in [0, 0.05) is 48.1 Å². The van der Waals surface area contributed by atoms with Crippen molar-refractivity contribution in [2.75, 3.05) is 13.2 Å². The molecule has 5 rings (SSSR count). The summed E-state index contributed by atoms with van der Waals surface area (Å²) in [5.41, 5.74) is 3.93. The summed E-state index contributed by atoms with van der Waals surface area (Å²) in [6, 6.07) is 11.8. The van der Waals surface area contributed by atoms with E-state index in [-0.39, 0.29) is 22.4 Å². The highest BCUT2D eigenvalue weighted by atomic mass is 32.2. The minimum absolute atomic E-state index is 0.0406. The topological polar surface area (TPSA) is 98.4 Å². The van der Waals surface area contributed by atoms with Crippen molar-refractivity contribution in [1.82, 2.24) is 20.0 Å². The van der Waals surface area contributed by atoms with Crippen molar-refractivity contribution in [3.8, 4) is 17.1 Å². The number of halogens is 1. The number of ether oxygens (including phenoxy) is 1. The van der Waals surface area contributed by atoms with E-state index in [1.807, 2.05) is 33.8 Å². The molecule has 4 aromatic rings. The van der Waals surface area contributed by atoms with Gasteiger partial charge in [0.05, 0.1) is 11.5 Å². The first kappa shape index (κ1) is 28.9. The maximum Gasteiger partial charge on any atom is 0.316 e. The van der Waals surface area contributed by atoms with Crippen molar-refractivity contribution in [2.45, 2.75) is 69.7 Å². The van der Waals surface area contributed by atoms with Crippen molar-refractivity contribution in [3.05, 3.63) is 88.8 Å². The first-order valence-corrected chi connectivity index (χ1v) is 15.4. The molecule has 1 aliphatic rings. The highest BCUT2D eigenvalue weighted by Gasteiger charge is 2.31. The number of fused-ring (bicyclic) bond motifs is 1. The molecule has 41 heavy (non-hydrogen) atoms. The molecule has 0 unspecified atom stereocenters. The maximum absolute atomic E-state index is 14.1. The highest BCUT2D eigenvalue weighted by molar-refractivity contribution is 7.90. The van der Waals surface area contributed by atoms with Crippen LogP contribution >= 0.6 is 0 Å². The minimum Gasteiger partial charge on any atom is -0.464 e. The van der Waals surface area contributed by atoms with Gasteiger partial charge < -0.3 is 9.26 Å². The summed E-state index contributed by atoms with van der Waals surface area (Å²) in [5.74, 6) is -0.259. The number of rotatable bonds is 8. The van der Waals surface area contributed by atoms with Crippen LogP contribution in [0.25, 0.3) is 11.1 Å². The second kappa shape index (κ2) is 11.3. The van der Waals surface area contributed by atoms with E-state index in [4.69, 9.17) is 9.26 Å². The van der Waals surface area contributed by atoms with Crippen LogP contribution in [0.2, 0.25) is 0 Å². The van der Waals surface area contributed by atoms with Crippen LogP contribution in [-0.4, -0.2) is 41.6 Å². The van der Waals surface area contributed by atoms with Crippen LogP contribution < -0.4 is 4.74 Å². The normalized spacial score (nSPS) is 15.0. The fourth-order valence-electron chi connectivity index (χ4n) is 5.17. The van der Waals surface area contributed by atoms with Gasteiger partial charge in [0.1, 0.15) is 23.0 Å². The van der Waals surface area contributed by atoms with Crippen LogP contribution in [0.15, 0.2) is 64.3 Å². The van der Waals surface area contributed by atoms with Crippen LogP contribution in [0.5, 0.6) is 6.01 Å². The number of hydrogen-bond donors (Lipinski definition) is 0. The predicted molar refractivity (Wildman–Crippen MR) is 154 cm³/mol. The summed E-state index contributed by atoms with van der Waals surface area (Å²) >= 11 is 0. The first-order valence-electron chi connectivity index (χ1n) is 13.7. The van der Waals surface area contributed by atoms with E-state index in [9.17, 15) is 12.8 Å². The summed E-state index contributed by atoms with van der Waals surface area (Å²) in [7, 11) is -3.79. The Balaban J connectivity index is 1.41. The molecule has 0 fully saturated rings. The van der Waals surface area contributed by atoms with Crippen molar-refractivity contribution >= 4 is 9.84 Å². The van der Waals surface area contributed by atoms with Crippen LogP contribution in [0, 0.1) is 5.82 Å². The Morgan fingerprint density at radius 2 is 1.85 bits per heavy atom. The van der Waals surface area contributed by atoms with E-state index < -0.39 is 21.1 Å². The van der Waals surface area contributed by atoms with Gasteiger partial charge in [-0.3, -0.25) is 4.90 Å². The van der Waals surface area contributed by atoms with Crippen molar-refractivity contribution in [2.24, 2.45) is 0 Å². The van der Waals surface area contributed by atoms with Gasteiger partial charge in [-0.1, -0.05) is 44.1 Å². The summed E-state index contributed by atoms with van der Waals surface area (Å²) in [5, 5.41) is 4.17. The van der Waals surface area contributed by atoms with Gasteiger partial charge in [0.15, 0.2) is 9.84 Å². The molecule has 0 aliphatic carbocycles. The lowest BCUT2D eigenvalue weighted by Crippen LogP contribution is -2.33. The molecule has 0 radical (unpaired) electrons. The van der Waals surface area contributed by atoms with Gasteiger partial charge in [-0.15, -0.1) is 0 Å². The first-order chi connectivity index (χ1) is 19.5. The van der Waals surface area contributed by atoms with Crippen molar-refractivity contribution < 1.29 is 22.1 Å². The van der Waals surface area contributed by atoms with Gasteiger partial charge in [-0.25, -0.2) is 22.8 Å². The average molecular weight is 579 g/mol. The van der Waals surface area contributed by atoms with Gasteiger partial charge >= 0.3 is 6.01 Å². The largest absolute Gasteiger partial charge is 0.464 e. The van der Waals surface area contributed by atoms with Gasteiger partial charge in [0.25, 0.3) is 0 Å². The molecule has 8 nitrogen and oxygen atoms in total. The highest BCUT2D eigenvalue weighted by Crippen LogP contribution is 2.38. The molecule has 2 aromatic carbocycles. The third kappa shape index (κ3) is 6.18. The van der Waals surface area contributed by atoms with E-state index in [1.165, 1.54) is 12.1 Å². The summed E-state index contributed by atoms with van der Waals surface area (Å²) < 4.78 is 52.6. The molecule has 0 N–H and O–H groups in total. The Morgan fingerprint density at radius 3 is 2.54 bits per heavy atom. The lowest BCUT2D eigenvalue weighted by Gasteiger charge is -2.34. The van der Waals surface area contributed by atoms with E-state index in [0.29, 0.717) is 36.0 Å². The number of nitrogens with zero attached hydrogens (tertiary/aromatic N) is 4. The molecule has 1 atom stereocenters. The Labute approximate surface area is 240 Å². The fraction of sp³-hybridized carbons (Fsp3) is 0.387. The van der Waals surface area contributed by atoms with Crippen LogP contribution in [0.4, 0.5) is 4.39 Å². The Hall–Kier alpha value is -3.63.